The van der Waals surface area contributed by atoms with Gasteiger partial charge in [0.1, 0.15) is 16.4 Å². The number of rotatable bonds is 2. The van der Waals surface area contributed by atoms with E-state index in [-0.39, 0.29) is 11.5 Å². The molecule has 70 valence electrons. The van der Waals surface area contributed by atoms with Crippen molar-refractivity contribution in [2.45, 2.75) is 18.7 Å². The molecule has 0 saturated heterocycles. The maximum absolute atomic E-state index is 11.0. The van der Waals surface area contributed by atoms with Crippen LogP contribution in [-0.2, 0) is 4.79 Å². The highest BCUT2D eigenvalue weighted by Gasteiger charge is 2.16. The van der Waals surface area contributed by atoms with Gasteiger partial charge in [0.15, 0.2) is 0 Å². The topological polar surface area (TPSA) is 37.3 Å². The highest BCUT2D eigenvalue weighted by Crippen LogP contribution is 2.31. The molecule has 0 aromatic heterocycles. The van der Waals surface area contributed by atoms with Crippen LogP contribution in [-0.4, -0.2) is 10.9 Å². The average molecular weight is 243 g/mol. The first kappa shape index (κ1) is 10.3. The predicted molar refractivity (Wildman–Crippen MR) is 55.2 cm³/mol. The van der Waals surface area contributed by atoms with Crippen molar-refractivity contribution in [2.75, 3.05) is 0 Å². The Morgan fingerprint density at radius 2 is 2.15 bits per heavy atom. The maximum atomic E-state index is 11.0. The molecule has 0 bridgehead atoms. The normalized spacial score (nSPS) is 12.5. The first-order valence-electron chi connectivity index (χ1n) is 3.96. The van der Waals surface area contributed by atoms with Crippen molar-refractivity contribution in [1.29, 1.82) is 0 Å². The van der Waals surface area contributed by atoms with Crippen LogP contribution in [0, 0.1) is 6.92 Å². The number of carbonyl (C=O) groups excluding carboxylic acids is 1. The molecule has 1 atom stereocenters. The lowest BCUT2D eigenvalue weighted by atomic mass is 10.1. The van der Waals surface area contributed by atoms with Gasteiger partial charge < -0.3 is 5.11 Å². The molecule has 0 heterocycles. The number of ketones is 1. The van der Waals surface area contributed by atoms with E-state index in [0.717, 1.165) is 5.56 Å². The van der Waals surface area contributed by atoms with Crippen LogP contribution >= 0.6 is 15.9 Å². The summed E-state index contributed by atoms with van der Waals surface area (Å²) in [6.45, 7) is 3.41. The average Bonchev–Trinajstić information content (AvgIpc) is 2.08. The van der Waals surface area contributed by atoms with Crippen molar-refractivity contribution in [1.82, 2.24) is 0 Å². The molecule has 3 heteroatoms. The molecule has 1 rings (SSSR count). The largest absolute Gasteiger partial charge is 0.508 e. The first-order chi connectivity index (χ1) is 6.02. The summed E-state index contributed by atoms with van der Waals surface area (Å²) < 4.78 is 0. The molecule has 0 spiro atoms. The summed E-state index contributed by atoms with van der Waals surface area (Å²) in [4.78, 5) is 10.6. The van der Waals surface area contributed by atoms with Gasteiger partial charge in [-0.1, -0.05) is 33.6 Å². The lowest BCUT2D eigenvalue weighted by Gasteiger charge is -2.09. The Morgan fingerprint density at radius 1 is 1.54 bits per heavy atom. The Bertz CT molecular complexity index is 334. The second-order valence-electron chi connectivity index (χ2n) is 3.04. The first-order valence-corrected chi connectivity index (χ1v) is 4.88. The number of phenolic OH excluding ortho intramolecular Hbond substituents is 1. The van der Waals surface area contributed by atoms with Crippen molar-refractivity contribution in [3.05, 3.63) is 29.3 Å². The summed E-state index contributed by atoms with van der Waals surface area (Å²) in [6.07, 6.45) is 0. The molecule has 1 aromatic carbocycles. The third-order valence-corrected chi connectivity index (χ3v) is 2.95. The van der Waals surface area contributed by atoms with E-state index in [9.17, 15) is 9.90 Å². The number of hydrogen-bond acceptors (Lipinski definition) is 2. The Labute approximate surface area is 85.7 Å². The Morgan fingerprint density at radius 3 is 2.69 bits per heavy atom. The third kappa shape index (κ3) is 2.31. The highest BCUT2D eigenvalue weighted by molar-refractivity contribution is 9.09. The summed E-state index contributed by atoms with van der Waals surface area (Å²) in [5, 5.41) is 9.47. The van der Waals surface area contributed by atoms with Crippen LogP contribution in [0.3, 0.4) is 0 Å². The zero-order valence-electron chi connectivity index (χ0n) is 7.54. The highest BCUT2D eigenvalue weighted by atomic mass is 79.9. The van der Waals surface area contributed by atoms with Gasteiger partial charge in [-0.05, 0) is 19.9 Å². The Kier molecular flexibility index (Phi) is 3.09. The minimum Gasteiger partial charge on any atom is -0.508 e. The van der Waals surface area contributed by atoms with E-state index < -0.39 is 4.83 Å². The van der Waals surface area contributed by atoms with Crippen LogP contribution in [0.15, 0.2) is 18.2 Å². The van der Waals surface area contributed by atoms with Crippen LogP contribution in [0.2, 0.25) is 0 Å². The summed E-state index contributed by atoms with van der Waals surface area (Å²) in [6, 6.07) is 5.21. The minimum atomic E-state index is -0.410. The number of carbonyl (C=O) groups is 1. The fourth-order valence-electron chi connectivity index (χ4n) is 1.10. The third-order valence-electron chi connectivity index (χ3n) is 1.81. The van der Waals surface area contributed by atoms with Crippen molar-refractivity contribution < 1.29 is 9.90 Å². The van der Waals surface area contributed by atoms with E-state index in [4.69, 9.17) is 0 Å². The van der Waals surface area contributed by atoms with E-state index in [2.05, 4.69) is 15.9 Å². The van der Waals surface area contributed by atoms with Crippen molar-refractivity contribution in [3.63, 3.8) is 0 Å². The van der Waals surface area contributed by atoms with Gasteiger partial charge in [0.2, 0.25) is 0 Å². The van der Waals surface area contributed by atoms with Gasteiger partial charge in [0.25, 0.3) is 0 Å². The smallest absolute Gasteiger partial charge is 0.147 e. The number of hydrogen-bond donors (Lipinski definition) is 1. The second kappa shape index (κ2) is 3.92. The lowest BCUT2D eigenvalue weighted by Crippen LogP contribution is -2.01. The quantitative estimate of drug-likeness (QED) is 0.811. The van der Waals surface area contributed by atoms with Crippen molar-refractivity contribution in [3.8, 4) is 5.75 Å². The van der Waals surface area contributed by atoms with Crippen LogP contribution in [0.5, 0.6) is 5.75 Å². The number of phenols is 1. The molecule has 0 aliphatic carbocycles. The van der Waals surface area contributed by atoms with Gasteiger partial charge in [-0.3, -0.25) is 4.79 Å². The van der Waals surface area contributed by atoms with Gasteiger partial charge in [0, 0.05) is 5.56 Å². The Balaban J connectivity index is 3.12. The van der Waals surface area contributed by atoms with E-state index in [1.807, 2.05) is 6.92 Å². The molecule has 0 aliphatic rings. The lowest BCUT2D eigenvalue weighted by molar-refractivity contribution is -0.116. The Hall–Kier alpha value is -0.830. The van der Waals surface area contributed by atoms with Gasteiger partial charge in [-0.15, -0.1) is 0 Å². The summed E-state index contributed by atoms with van der Waals surface area (Å²) in [5.41, 5.74) is 1.66. The molecule has 1 unspecified atom stereocenters. The summed E-state index contributed by atoms with van der Waals surface area (Å²) in [7, 11) is 0. The minimum absolute atomic E-state index is 0.0131. The fraction of sp³-hybridized carbons (Fsp3) is 0.300. The van der Waals surface area contributed by atoms with Gasteiger partial charge in [-0.25, -0.2) is 0 Å². The molecule has 0 saturated carbocycles. The van der Waals surface area contributed by atoms with Crippen LogP contribution in [0.25, 0.3) is 0 Å². The van der Waals surface area contributed by atoms with Crippen LogP contribution < -0.4 is 0 Å². The SMILES string of the molecule is CC(=O)C(Br)c1cc(C)ccc1O. The van der Waals surface area contributed by atoms with E-state index in [1.165, 1.54) is 6.92 Å². The molecule has 0 radical (unpaired) electrons. The van der Waals surface area contributed by atoms with Gasteiger partial charge >= 0.3 is 0 Å². The predicted octanol–water partition coefficient (Wildman–Crippen LogP) is 2.73. The van der Waals surface area contributed by atoms with E-state index in [0.29, 0.717) is 5.56 Å². The number of aromatic hydroxyl groups is 1. The van der Waals surface area contributed by atoms with Crippen LogP contribution in [0.4, 0.5) is 0 Å². The number of halogens is 1. The van der Waals surface area contributed by atoms with Crippen LogP contribution in [0.1, 0.15) is 22.9 Å². The van der Waals surface area contributed by atoms with Gasteiger partial charge in [-0.2, -0.15) is 0 Å². The molecule has 1 aromatic rings. The number of aryl methyl sites for hydroxylation is 1. The summed E-state index contributed by atoms with van der Waals surface area (Å²) >= 11 is 3.23. The number of Topliss-reactive ketones (excluding diaryl/α,β-unsaturated/α-hetero) is 1. The fourth-order valence-corrected chi connectivity index (χ4v) is 1.46. The molecule has 0 aliphatic heterocycles. The number of benzene rings is 1. The molecule has 0 fully saturated rings. The number of alkyl halides is 1. The molecular weight excluding hydrogens is 232 g/mol. The van der Waals surface area contributed by atoms with Crippen molar-refractivity contribution in [2.24, 2.45) is 0 Å². The maximum Gasteiger partial charge on any atom is 0.147 e. The molecule has 0 amide bonds. The summed E-state index contributed by atoms with van der Waals surface area (Å²) in [5.74, 6) is 0.142. The monoisotopic (exact) mass is 242 g/mol. The second-order valence-corrected chi connectivity index (χ2v) is 3.95. The standard InChI is InChI=1S/C10H11BrO2/c1-6-3-4-9(13)8(5-6)10(11)7(2)12/h3-5,10,13H,1-2H3. The molecule has 13 heavy (non-hydrogen) atoms. The van der Waals surface area contributed by atoms with E-state index in [1.54, 1.807) is 18.2 Å². The van der Waals surface area contributed by atoms with Crippen molar-refractivity contribution >= 4 is 21.7 Å². The van der Waals surface area contributed by atoms with Gasteiger partial charge in [0.05, 0.1) is 0 Å². The molecule has 2 nitrogen and oxygen atoms in total. The van der Waals surface area contributed by atoms with E-state index >= 15 is 0 Å². The molecular formula is C10H11BrO2. The zero-order valence-corrected chi connectivity index (χ0v) is 9.13. The zero-order chi connectivity index (χ0) is 10.0. The molecule has 1 N–H and O–H groups in total.